The number of carbonyl (C=O) groups excluding carboxylic acids is 3. The number of fused-ring (bicyclic) bond motifs is 1. The standard InChI is InChI=1S/C17H20N2O4S/c18-16(22)17-13(20)10-23-14(17)6-8-19(17)15(21)7-9-24-11-12-4-2-1-3-5-12/h1-5,14H,6-11H2,(H2,18,22). The number of hydrogen-bond donors (Lipinski definition) is 1. The van der Waals surface area contributed by atoms with Crippen LogP contribution < -0.4 is 5.73 Å². The molecular formula is C17H20N2O4S. The van der Waals surface area contributed by atoms with E-state index in [1.165, 1.54) is 10.5 Å². The average Bonchev–Trinajstić information content (AvgIpc) is 3.12. The molecule has 0 spiro atoms. The normalized spacial score (nSPS) is 25.8. The molecule has 2 heterocycles. The van der Waals surface area contributed by atoms with Crippen LogP contribution in [0.15, 0.2) is 30.3 Å². The van der Waals surface area contributed by atoms with E-state index in [4.69, 9.17) is 10.5 Å². The largest absolute Gasteiger partial charge is 0.367 e. The first kappa shape index (κ1) is 17.0. The molecule has 2 unspecified atom stereocenters. The van der Waals surface area contributed by atoms with Gasteiger partial charge in [-0.3, -0.25) is 14.4 Å². The number of primary amides is 1. The fourth-order valence-corrected chi connectivity index (χ4v) is 4.33. The summed E-state index contributed by atoms with van der Waals surface area (Å²) in [6, 6.07) is 10.00. The maximum Gasteiger partial charge on any atom is 0.254 e. The van der Waals surface area contributed by atoms with E-state index in [2.05, 4.69) is 0 Å². The lowest BCUT2D eigenvalue weighted by Gasteiger charge is -2.32. The van der Waals surface area contributed by atoms with Crippen molar-refractivity contribution in [2.24, 2.45) is 5.73 Å². The molecule has 1 aromatic rings. The number of hydrogen-bond acceptors (Lipinski definition) is 5. The molecule has 1 aromatic carbocycles. The molecule has 0 saturated carbocycles. The summed E-state index contributed by atoms with van der Waals surface area (Å²) < 4.78 is 5.37. The Hall–Kier alpha value is -1.86. The molecule has 2 aliphatic heterocycles. The molecule has 2 atom stereocenters. The van der Waals surface area contributed by atoms with Crippen LogP contribution >= 0.6 is 11.8 Å². The van der Waals surface area contributed by atoms with Gasteiger partial charge in [0.25, 0.3) is 5.91 Å². The van der Waals surface area contributed by atoms with E-state index in [1.54, 1.807) is 11.8 Å². The third-order valence-corrected chi connectivity index (χ3v) is 5.63. The van der Waals surface area contributed by atoms with Gasteiger partial charge in [-0.2, -0.15) is 11.8 Å². The van der Waals surface area contributed by atoms with Crippen molar-refractivity contribution in [3.63, 3.8) is 0 Å². The van der Waals surface area contributed by atoms with Gasteiger partial charge in [-0.15, -0.1) is 0 Å². The number of ether oxygens (including phenoxy) is 1. The summed E-state index contributed by atoms with van der Waals surface area (Å²) in [6.45, 7) is 0.182. The third kappa shape index (κ3) is 2.82. The van der Waals surface area contributed by atoms with Crippen molar-refractivity contribution in [1.82, 2.24) is 4.90 Å². The lowest BCUT2D eigenvalue weighted by Crippen LogP contribution is -2.63. The fourth-order valence-electron chi connectivity index (χ4n) is 3.43. The highest BCUT2D eigenvalue weighted by molar-refractivity contribution is 7.98. The fraction of sp³-hybridized carbons (Fsp3) is 0.471. The zero-order valence-corrected chi connectivity index (χ0v) is 14.1. The number of nitrogens with zero attached hydrogens (tertiary/aromatic N) is 1. The second-order valence-corrected chi connectivity index (χ2v) is 7.08. The lowest BCUT2D eigenvalue weighted by atomic mass is 9.89. The van der Waals surface area contributed by atoms with Crippen molar-refractivity contribution < 1.29 is 19.1 Å². The molecule has 24 heavy (non-hydrogen) atoms. The van der Waals surface area contributed by atoms with Gasteiger partial charge in [0.15, 0.2) is 5.78 Å². The minimum atomic E-state index is -1.58. The molecule has 2 N–H and O–H groups in total. The maximum absolute atomic E-state index is 12.6. The Morgan fingerprint density at radius 3 is 2.79 bits per heavy atom. The highest BCUT2D eigenvalue weighted by Crippen LogP contribution is 2.38. The van der Waals surface area contributed by atoms with E-state index >= 15 is 0 Å². The SMILES string of the molecule is NC(=O)C12C(=O)COC1CCN2C(=O)CCSCc1ccccc1. The summed E-state index contributed by atoms with van der Waals surface area (Å²) >= 11 is 1.65. The summed E-state index contributed by atoms with van der Waals surface area (Å²) in [4.78, 5) is 38.1. The molecule has 2 saturated heterocycles. The van der Waals surface area contributed by atoms with Gasteiger partial charge in [0, 0.05) is 24.5 Å². The topological polar surface area (TPSA) is 89.7 Å². The van der Waals surface area contributed by atoms with Crippen LogP contribution in [0, 0.1) is 0 Å². The summed E-state index contributed by atoms with van der Waals surface area (Å²) in [6.07, 6.45) is 0.146. The number of benzene rings is 1. The van der Waals surface area contributed by atoms with Crippen LogP contribution in [0.5, 0.6) is 0 Å². The molecule has 0 radical (unpaired) electrons. The van der Waals surface area contributed by atoms with Crippen LogP contribution in [0.3, 0.4) is 0 Å². The number of nitrogens with two attached hydrogens (primary N) is 1. The van der Waals surface area contributed by atoms with Crippen LogP contribution in [0.2, 0.25) is 0 Å². The molecule has 0 aliphatic carbocycles. The Morgan fingerprint density at radius 2 is 2.08 bits per heavy atom. The predicted molar refractivity (Wildman–Crippen MR) is 90.2 cm³/mol. The van der Waals surface area contributed by atoms with Gasteiger partial charge in [0.05, 0.1) is 6.10 Å². The Bertz CT molecular complexity index is 651. The zero-order valence-electron chi connectivity index (χ0n) is 13.3. The molecule has 2 amide bonds. The van der Waals surface area contributed by atoms with Gasteiger partial charge in [0.1, 0.15) is 6.61 Å². The van der Waals surface area contributed by atoms with Crippen LogP contribution in [-0.4, -0.2) is 53.0 Å². The summed E-state index contributed by atoms with van der Waals surface area (Å²) in [5.74, 6) is 0.0507. The zero-order chi connectivity index (χ0) is 17.2. The smallest absolute Gasteiger partial charge is 0.254 e. The van der Waals surface area contributed by atoms with E-state index in [-0.39, 0.29) is 18.9 Å². The van der Waals surface area contributed by atoms with Crippen molar-refractivity contribution in [3.8, 4) is 0 Å². The van der Waals surface area contributed by atoms with Crippen molar-refractivity contribution in [3.05, 3.63) is 35.9 Å². The van der Waals surface area contributed by atoms with Gasteiger partial charge < -0.3 is 15.4 Å². The summed E-state index contributed by atoms with van der Waals surface area (Å²) in [5.41, 5.74) is 5.10. The van der Waals surface area contributed by atoms with Gasteiger partial charge >= 0.3 is 0 Å². The Balaban J connectivity index is 1.58. The average molecular weight is 348 g/mol. The third-order valence-electron chi connectivity index (χ3n) is 4.60. The first-order valence-corrected chi connectivity index (χ1v) is 9.09. The van der Waals surface area contributed by atoms with Crippen LogP contribution in [0.1, 0.15) is 18.4 Å². The van der Waals surface area contributed by atoms with E-state index in [0.29, 0.717) is 18.7 Å². The summed E-state index contributed by atoms with van der Waals surface area (Å²) in [5, 5.41) is 0. The number of ketones is 1. The first-order valence-electron chi connectivity index (χ1n) is 7.93. The Kier molecular flexibility index (Phi) is 4.91. The number of carbonyl (C=O) groups is 3. The number of amides is 2. The molecule has 128 valence electrons. The van der Waals surface area contributed by atoms with Gasteiger partial charge in [-0.05, 0) is 12.0 Å². The lowest BCUT2D eigenvalue weighted by molar-refractivity contribution is -0.149. The molecule has 2 fully saturated rings. The number of Topliss-reactive ketones (excluding diaryl/α,β-unsaturated/α-hetero) is 1. The quantitative estimate of drug-likeness (QED) is 0.605. The van der Waals surface area contributed by atoms with E-state index < -0.39 is 23.3 Å². The van der Waals surface area contributed by atoms with Crippen LogP contribution in [-0.2, 0) is 24.9 Å². The first-order chi connectivity index (χ1) is 11.6. The second-order valence-electron chi connectivity index (χ2n) is 5.98. The highest BCUT2D eigenvalue weighted by atomic mass is 32.2. The van der Waals surface area contributed by atoms with E-state index in [9.17, 15) is 14.4 Å². The van der Waals surface area contributed by atoms with Crippen molar-refractivity contribution in [2.45, 2.75) is 30.2 Å². The molecule has 3 rings (SSSR count). The van der Waals surface area contributed by atoms with Crippen molar-refractivity contribution in [2.75, 3.05) is 18.9 Å². The monoisotopic (exact) mass is 348 g/mol. The van der Waals surface area contributed by atoms with Gasteiger partial charge in [0.2, 0.25) is 11.4 Å². The van der Waals surface area contributed by atoms with Crippen molar-refractivity contribution in [1.29, 1.82) is 0 Å². The Labute approximate surface area is 144 Å². The minimum absolute atomic E-state index is 0.153. The second kappa shape index (κ2) is 6.94. The minimum Gasteiger partial charge on any atom is -0.367 e. The molecule has 2 aliphatic rings. The Morgan fingerprint density at radius 1 is 1.33 bits per heavy atom. The molecule has 0 bridgehead atoms. The van der Waals surface area contributed by atoms with Crippen molar-refractivity contribution >= 4 is 29.4 Å². The highest BCUT2D eigenvalue weighted by Gasteiger charge is 2.64. The number of rotatable bonds is 6. The molecule has 7 heteroatoms. The molecular weight excluding hydrogens is 328 g/mol. The van der Waals surface area contributed by atoms with Crippen LogP contribution in [0.4, 0.5) is 0 Å². The van der Waals surface area contributed by atoms with Gasteiger partial charge in [-0.25, -0.2) is 0 Å². The van der Waals surface area contributed by atoms with E-state index in [1.807, 2.05) is 30.3 Å². The van der Waals surface area contributed by atoms with E-state index in [0.717, 1.165) is 5.75 Å². The predicted octanol–water partition coefficient (Wildman–Crippen LogP) is 0.734. The number of likely N-dealkylation sites (tertiary alicyclic amines) is 1. The van der Waals surface area contributed by atoms with Crippen LogP contribution in [0.25, 0.3) is 0 Å². The summed E-state index contributed by atoms with van der Waals surface area (Å²) in [7, 11) is 0. The molecule has 0 aromatic heterocycles. The molecule has 6 nitrogen and oxygen atoms in total. The number of thioether (sulfide) groups is 1. The maximum atomic E-state index is 12.6. The van der Waals surface area contributed by atoms with Gasteiger partial charge in [-0.1, -0.05) is 30.3 Å².